The van der Waals surface area contributed by atoms with Gasteiger partial charge in [0, 0.05) is 42.4 Å². The second kappa shape index (κ2) is 10.3. The fourth-order valence-corrected chi connectivity index (χ4v) is 4.94. The van der Waals surface area contributed by atoms with E-state index in [9.17, 15) is 9.18 Å². The first-order chi connectivity index (χ1) is 17.5. The molecular weight excluding hydrogens is 473 g/mol. The number of nitrogens with zero attached hydrogens (tertiary/aromatic N) is 3. The molecule has 2 aromatic heterocycles. The predicted molar refractivity (Wildman–Crippen MR) is 142 cm³/mol. The summed E-state index contributed by atoms with van der Waals surface area (Å²) in [5.41, 5.74) is 4.51. The molecule has 36 heavy (non-hydrogen) atoms. The van der Waals surface area contributed by atoms with Gasteiger partial charge in [-0.3, -0.25) is 9.78 Å². The standard InChI is InChI=1S/C28H26FN5OS/c1-19-6-4-7-21(18-19)31-25(35)14-17-34-27(26(32-28(34)36)23-8-2-3-15-30-23)24-9-5-16-33(24)22-12-10-20(29)11-13-22/h2-13,15-16,18,26-27H,14,17H2,1H3,(H,31,35)(H,32,36)/t26-,27+/m1/s1. The molecule has 0 bridgehead atoms. The van der Waals surface area contributed by atoms with Crippen molar-refractivity contribution >= 4 is 28.9 Å². The molecule has 1 aliphatic heterocycles. The highest BCUT2D eigenvalue weighted by atomic mass is 32.1. The molecule has 1 aliphatic rings. The van der Waals surface area contributed by atoms with Gasteiger partial charge in [0.25, 0.3) is 0 Å². The molecule has 0 unspecified atom stereocenters. The van der Waals surface area contributed by atoms with E-state index in [2.05, 4.69) is 15.6 Å². The normalized spacial score (nSPS) is 17.2. The van der Waals surface area contributed by atoms with Crippen LogP contribution in [0.25, 0.3) is 5.69 Å². The van der Waals surface area contributed by atoms with Crippen molar-refractivity contribution in [3.63, 3.8) is 0 Å². The lowest BCUT2D eigenvalue weighted by atomic mass is 10.0. The molecule has 8 heteroatoms. The molecule has 0 radical (unpaired) electrons. The monoisotopic (exact) mass is 499 g/mol. The van der Waals surface area contributed by atoms with Crippen LogP contribution in [0.2, 0.25) is 0 Å². The maximum atomic E-state index is 13.6. The minimum Gasteiger partial charge on any atom is -0.352 e. The maximum absolute atomic E-state index is 13.6. The Bertz CT molecular complexity index is 1370. The van der Waals surface area contributed by atoms with E-state index < -0.39 is 0 Å². The number of halogens is 1. The SMILES string of the molecule is Cc1cccc(NC(=O)CCN2C(=S)N[C@H](c3ccccn3)[C@@H]2c2cccn2-c2ccc(F)cc2)c1. The molecular formula is C28H26FN5OS. The van der Waals surface area contributed by atoms with E-state index in [0.29, 0.717) is 11.7 Å². The van der Waals surface area contributed by atoms with E-state index in [1.807, 2.05) is 77.2 Å². The molecule has 0 saturated carbocycles. The summed E-state index contributed by atoms with van der Waals surface area (Å²) in [7, 11) is 0. The number of hydrogen-bond acceptors (Lipinski definition) is 3. The molecule has 1 fully saturated rings. The zero-order valence-corrected chi connectivity index (χ0v) is 20.6. The second-order valence-corrected chi connectivity index (χ2v) is 9.15. The molecule has 1 amide bonds. The number of thiocarbonyl (C=S) groups is 1. The molecule has 0 aliphatic carbocycles. The lowest BCUT2D eigenvalue weighted by Gasteiger charge is -2.28. The van der Waals surface area contributed by atoms with Crippen molar-refractivity contribution in [2.45, 2.75) is 25.4 Å². The molecule has 182 valence electrons. The Kier molecular flexibility index (Phi) is 6.77. The summed E-state index contributed by atoms with van der Waals surface area (Å²) in [4.78, 5) is 19.4. The largest absolute Gasteiger partial charge is 0.352 e. The highest BCUT2D eigenvalue weighted by Gasteiger charge is 2.41. The number of nitrogens with one attached hydrogen (secondary N) is 2. The van der Waals surface area contributed by atoms with E-state index in [1.165, 1.54) is 12.1 Å². The number of hydrogen-bond donors (Lipinski definition) is 2. The maximum Gasteiger partial charge on any atom is 0.226 e. The molecule has 5 rings (SSSR count). The Morgan fingerprint density at radius 2 is 1.92 bits per heavy atom. The summed E-state index contributed by atoms with van der Waals surface area (Å²) >= 11 is 5.74. The van der Waals surface area contributed by atoms with E-state index in [4.69, 9.17) is 12.2 Å². The summed E-state index contributed by atoms with van der Waals surface area (Å²) in [6, 6.07) is 23.4. The van der Waals surface area contributed by atoms with E-state index in [-0.39, 0.29) is 30.2 Å². The van der Waals surface area contributed by atoms with Crippen LogP contribution in [0.15, 0.2) is 91.3 Å². The van der Waals surface area contributed by atoms with Crippen LogP contribution < -0.4 is 10.6 Å². The zero-order valence-electron chi connectivity index (χ0n) is 19.8. The van der Waals surface area contributed by atoms with Gasteiger partial charge in [0.05, 0.1) is 17.8 Å². The summed E-state index contributed by atoms with van der Waals surface area (Å²) < 4.78 is 15.6. The van der Waals surface area contributed by atoms with Crippen molar-refractivity contribution in [3.8, 4) is 5.69 Å². The second-order valence-electron chi connectivity index (χ2n) is 8.77. The van der Waals surface area contributed by atoms with E-state index in [0.717, 1.165) is 28.3 Å². The van der Waals surface area contributed by atoms with Gasteiger partial charge in [-0.05, 0) is 85.4 Å². The number of benzene rings is 2. The predicted octanol–water partition coefficient (Wildman–Crippen LogP) is 5.32. The highest BCUT2D eigenvalue weighted by Crippen LogP contribution is 2.39. The van der Waals surface area contributed by atoms with Crippen LogP contribution in [-0.4, -0.2) is 32.0 Å². The van der Waals surface area contributed by atoms with Gasteiger partial charge in [-0.2, -0.15) is 0 Å². The van der Waals surface area contributed by atoms with Gasteiger partial charge in [-0.1, -0.05) is 18.2 Å². The first kappa shape index (κ1) is 23.7. The van der Waals surface area contributed by atoms with Crippen molar-refractivity contribution in [1.29, 1.82) is 0 Å². The molecule has 4 aromatic rings. The van der Waals surface area contributed by atoms with Gasteiger partial charge in [-0.15, -0.1) is 0 Å². The van der Waals surface area contributed by atoms with Gasteiger partial charge in [0.15, 0.2) is 5.11 Å². The lowest BCUT2D eigenvalue weighted by molar-refractivity contribution is -0.116. The average molecular weight is 500 g/mol. The number of aromatic nitrogens is 2. The molecule has 3 heterocycles. The average Bonchev–Trinajstić information content (AvgIpc) is 3.48. The fraction of sp³-hybridized carbons (Fsp3) is 0.179. The zero-order chi connectivity index (χ0) is 25.1. The third-order valence-corrected chi connectivity index (χ3v) is 6.62. The number of carbonyl (C=O) groups excluding carboxylic acids is 1. The summed E-state index contributed by atoms with van der Waals surface area (Å²) in [5.74, 6) is -0.374. The smallest absolute Gasteiger partial charge is 0.226 e. The summed E-state index contributed by atoms with van der Waals surface area (Å²) in [5, 5.41) is 6.95. The quantitative estimate of drug-likeness (QED) is 0.337. The number of amides is 1. The number of rotatable bonds is 7. The number of pyridine rings is 1. The Hall–Kier alpha value is -4.04. The Balaban J connectivity index is 1.44. The summed E-state index contributed by atoms with van der Waals surface area (Å²) in [6.07, 6.45) is 3.97. The van der Waals surface area contributed by atoms with Crippen LogP contribution in [0.4, 0.5) is 10.1 Å². The van der Waals surface area contributed by atoms with Crippen molar-refractivity contribution in [2.75, 3.05) is 11.9 Å². The van der Waals surface area contributed by atoms with E-state index >= 15 is 0 Å². The van der Waals surface area contributed by atoms with Gasteiger partial charge >= 0.3 is 0 Å². The van der Waals surface area contributed by atoms with Crippen molar-refractivity contribution in [1.82, 2.24) is 19.8 Å². The van der Waals surface area contributed by atoms with Gasteiger partial charge < -0.3 is 20.1 Å². The van der Waals surface area contributed by atoms with Crippen LogP contribution in [-0.2, 0) is 4.79 Å². The van der Waals surface area contributed by atoms with Crippen LogP contribution >= 0.6 is 12.2 Å². The van der Waals surface area contributed by atoms with Crippen LogP contribution in [0.5, 0.6) is 0 Å². The Labute approximate surface area is 214 Å². The van der Waals surface area contributed by atoms with Crippen LogP contribution in [0, 0.1) is 12.7 Å². The van der Waals surface area contributed by atoms with Crippen molar-refractivity contribution in [3.05, 3.63) is 114 Å². The third kappa shape index (κ3) is 4.99. The van der Waals surface area contributed by atoms with Crippen LogP contribution in [0.1, 0.15) is 35.5 Å². The van der Waals surface area contributed by atoms with Gasteiger partial charge in [-0.25, -0.2) is 4.39 Å². The Morgan fingerprint density at radius 1 is 1.08 bits per heavy atom. The first-order valence-corrected chi connectivity index (χ1v) is 12.2. The third-order valence-electron chi connectivity index (χ3n) is 6.27. The van der Waals surface area contributed by atoms with Crippen molar-refractivity contribution in [2.24, 2.45) is 0 Å². The lowest BCUT2D eigenvalue weighted by Crippen LogP contribution is -2.33. The fourth-order valence-electron chi connectivity index (χ4n) is 4.61. The number of aryl methyl sites for hydroxylation is 1. The first-order valence-electron chi connectivity index (χ1n) is 11.8. The van der Waals surface area contributed by atoms with Gasteiger partial charge in [0.2, 0.25) is 5.91 Å². The molecule has 2 atom stereocenters. The van der Waals surface area contributed by atoms with Crippen molar-refractivity contribution < 1.29 is 9.18 Å². The highest BCUT2D eigenvalue weighted by molar-refractivity contribution is 7.80. The minimum atomic E-state index is -0.288. The molecule has 1 saturated heterocycles. The molecule has 2 N–H and O–H groups in total. The minimum absolute atomic E-state index is 0.0858. The van der Waals surface area contributed by atoms with Gasteiger partial charge in [0.1, 0.15) is 5.82 Å². The molecule has 6 nitrogen and oxygen atoms in total. The molecule has 2 aromatic carbocycles. The summed E-state index contributed by atoms with van der Waals surface area (Å²) in [6.45, 7) is 2.41. The Morgan fingerprint density at radius 3 is 2.67 bits per heavy atom. The topological polar surface area (TPSA) is 62.2 Å². The number of anilines is 1. The van der Waals surface area contributed by atoms with E-state index in [1.54, 1.807) is 18.3 Å². The van der Waals surface area contributed by atoms with Crippen LogP contribution in [0.3, 0.4) is 0 Å². The number of carbonyl (C=O) groups is 1. The molecule has 0 spiro atoms.